The first-order valence-corrected chi connectivity index (χ1v) is 12.7. The summed E-state index contributed by atoms with van der Waals surface area (Å²) in [6.45, 7) is 5.40. The standard InChI is InChI=1S/C27H34N4O5/c1-4-21(5-2)36-24-14-18(27(34)35)13-22(25(24)28-17(3)32)29-26(33)23-15-30(19-11-12-19)16-31(23)20-9-7-6-8-10-20/h6-10,14-16,19,21-22,24-25H,4-5,11-13H2,1-3H3,(H2-,28,29,32,33,34,35)/p+1/t22-,24+,25+/m0/s1. The highest BCUT2D eigenvalue weighted by molar-refractivity contribution is 5.93. The summed E-state index contributed by atoms with van der Waals surface area (Å²) in [5, 5.41) is 15.7. The fraction of sp³-hybridized carbons (Fsp3) is 0.481. The number of nitrogens with one attached hydrogen (secondary N) is 2. The van der Waals surface area contributed by atoms with Gasteiger partial charge in [0, 0.05) is 18.9 Å². The minimum Gasteiger partial charge on any atom is -0.478 e. The van der Waals surface area contributed by atoms with Gasteiger partial charge in [-0.25, -0.2) is 9.36 Å². The monoisotopic (exact) mass is 495 g/mol. The molecule has 3 atom stereocenters. The van der Waals surface area contributed by atoms with Crippen molar-refractivity contribution in [3.63, 3.8) is 0 Å². The number of ether oxygens (including phenoxy) is 1. The fourth-order valence-electron chi connectivity index (χ4n) is 4.72. The lowest BCUT2D eigenvalue weighted by atomic mass is 9.87. The molecule has 0 aliphatic heterocycles. The molecule has 3 N–H and O–H groups in total. The van der Waals surface area contributed by atoms with Gasteiger partial charge < -0.3 is 20.5 Å². The molecule has 2 aromatic rings. The van der Waals surface area contributed by atoms with E-state index in [1.807, 2.05) is 61.3 Å². The molecule has 4 rings (SSSR count). The predicted octanol–water partition coefficient (Wildman–Crippen LogP) is 2.69. The largest absolute Gasteiger partial charge is 0.478 e. The summed E-state index contributed by atoms with van der Waals surface area (Å²) in [5.41, 5.74) is 1.45. The van der Waals surface area contributed by atoms with Crippen LogP contribution in [0, 0.1) is 0 Å². The Morgan fingerprint density at radius 2 is 1.83 bits per heavy atom. The van der Waals surface area contributed by atoms with Gasteiger partial charge in [-0.1, -0.05) is 32.0 Å². The van der Waals surface area contributed by atoms with E-state index < -0.39 is 24.2 Å². The quantitative estimate of drug-likeness (QED) is 0.439. The van der Waals surface area contributed by atoms with Crippen molar-refractivity contribution in [2.24, 2.45) is 0 Å². The van der Waals surface area contributed by atoms with Crippen molar-refractivity contribution < 1.29 is 28.8 Å². The molecule has 9 heteroatoms. The number of carbonyl (C=O) groups excluding carboxylic acids is 2. The highest BCUT2D eigenvalue weighted by atomic mass is 16.5. The number of carbonyl (C=O) groups is 3. The molecule has 2 aliphatic carbocycles. The topological polar surface area (TPSA) is 114 Å². The van der Waals surface area contributed by atoms with Gasteiger partial charge in [-0.05, 0) is 43.9 Å². The number of benzene rings is 1. The van der Waals surface area contributed by atoms with Gasteiger partial charge >= 0.3 is 5.97 Å². The zero-order valence-electron chi connectivity index (χ0n) is 21.0. The summed E-state index contributed by atoms with van der Waals surface area (Å²) >= 11 is 0. The minimum absolute atomic E-state index is 0.0729. The molecule has 1 saturated carbocycles. The zero-order valence-corrected chi connectivity index (χ0v) is 21.0. The van der Waals surface area contributed by atoms with E-state index in [-0.39, 0.29) is 29.9 Å². The zero-order chi connectivity index (χ0) is 25.8. The Bertz CT molecular complexity index is 1130. The van der Waals surface area contributed by atoms with Crippen LogP contribution in [0.15, 0.2) is 54.5 Å². The Morgan fingerprint density at radius 1 is 1.14 bits per heavy atom. The van der Waals surface area contributed by atoms with E-state index >= 15 is 0 Å². The molecule has 1 fully saturated rings. The Hall–Kier alpha value is -3.46. The summed E-state index contributed by atoms with van der Waals surface area (Å²) in [4.78, 5) is 37.7. The van der Waals surface area contributed by atoms with Crippen molar-refractivity contribution in [2.45, 2.75) is 83.2 Å². The highest BCUT2D eigenvalue weighted by Crippen LogP contribution is 2.30. The van der Waals surface area contributed by atoms with Gasteiger partial charge in [-0.2, -0.15) is 4.57 Å². The van der Waals surface area contributed by atoms with E-state index in [1.54, 1.807) is 6.08 Å². The molecular weight excluding hydrogens is 460 g/mol. The number of aromatic nitrogens is 2. The highest BCUT2D eigenvalue weighted by Gasteiger charge is 2.40. The van der Waals surface area contributed by atoms with Crippen LogP contribution in [0.3, 0.4) is 0 Å². The molecule has 2 amide bonds. The minimum atomic E-state index is -1.06. The molecule has 1 heterocycles. The third-order valence-corrected chi connectivity index (χ3v) is 6.83. The number of aliphatic carboxylic acids is 1. The number of rotatable bonds is 10. The number of hydrogen-bond donors (Lipinski definition) is 3. The lowest BCUT2D eigenvalue weighted by Gasteiger charge is -2.38. The first-order chi connectivity index (χ1) is 17.3. The first-order valence-electron chi connectivity index (χ1n) is 12.7. The van der Waals surface area contributed by atoms with Crippen LogP contribution in [0.4, 0.5) is 0 Å². The normalized spacial score (nSPS) is 21.7. The van der Waals surface area contributed by atoms with Gasteiger partial charge in [0.2, 0.25) is 17.9 Å². The average molecular weight is 496 g/mol. The molecule has 0 bridgehead atoms. The van der Waals surface area contributed by atoms with Crippen molar-refractivity contribution in [3.05, 3.63) is 60.2 Å². The van der Waals surface area contributed by atoms with Crippen LogP contribution in [0.5, 0.6) is 0 Å². The van der Waals surface area contributed by atoms with E-state index in [0.29, 0.717) is 11.7 Å². The maximum atomic E-state index is 13.6. The molecule has 2 aliphatic rings. The number of hydrogen-bond acceptors (Lipinski definition) is 4. The van der Waals surface area contributed by atoms with E-state index in [9.17, 15) is 19.5 Å². The van der Waals surface area contributed by atoms with E-state index in [4.69, 9.17) is 4.74 Å². The molecule has 1 aromatic carbocycles. The van der Waals surface area contributed by atoms with Crippen molar-refractivity contribution in [2.75, 3.05) is 0 Å². The number of carboxylic acid groups (broad SMARTS) is 1. The van der Waals surface area contributed by atoms with Crippen molar-refractivity contribution >= 4 is 17.8 Å². The molecule has 192 valence electrons. The first kappa shape index (κ1) is 25.6. The molecule has 36 heavy (non-hydrogen) atoms. The third-order valence-electron chi connectivity index (χ3n) is 6.83. The maximum Gasteiger partial charge on any atom is 0.331 e. The van der Waals surface area contributed by atoms with Gasteiger partial charge in [0.15, 0.2) is 0 Å². The molecule has 0 spiro atoms. The number of nitrogens with zero attached hydrogens (tertiary/aromatic N) is 2. The third kappa shape index (κ3) is 5.84. The lowest BCUT2D eigenvalue weighted by Crippen LogP contribution is -2.59. The molecule has 0 unspecified atom stereocenters. The molecular formula is C27H35N4O5+. The van der Waals surface area contributed by atoms with Gasteiger partial charge in [0.25, 0.3) is 5.91 Å². The second kappa shape index (κ2) is 11.1. The Balaban J connectivity index is 1.65. The average Bonchev–Trinajstić information content (AvgIpc) is 3.62. The van der Waals surface area contributed by atoms with Crippen LogP contribution >= 0.6 is 0 Å². The van der Waals surface area contributed by atoms with Gasteiger partial charge in [-0.3, -0.25) is 9.59 Å². The smallest absolute Gasteiger partial charge is 0.331 e. The molecule has 1 aromatic heterocycles. The SMILES string of the molecule is CCC(CC)O[C@@H]1C=C(C(=O)O)C[C@H](NC(=O)c2c[n+](C3CC3)cn2-c2ccccc2)[C@H]1NC(C)=O. The summed E-state index contributed by atoms with van der Waals surface area (Å²) in [6, 6.07) is 8.71. The Labute approximate surface area is 211 Å². The van der Waals surface area contributed by atoms with Gasteiger partial charge in [0.05, 0.1) is 24.3 Å². The van der Waals surface area contributed by atoms with Gasteiger partial charge in [-0.15, -0.1) is 0 Å². The molecule has 0 saturated heterocycles. The summed E-state index contributed by atoms with van der Waals surface area (Å²) < 4.78 is 10.1. The fourth-order valence-corrected chi connectivity index (χ4v) is 4.72. The predicted molar refractivity (Wildman–Crippen MR) is 133 cm³/mol. The van der Waals surface area contributed by atoms with Crippen molar-refractivity contribution in [1.82, 2.24) is 15.2 Å². The lowest BCUT2D eigenvalue weighted by molar-refractivity contribution is -0.699. The number of carboxylic acids is 1. The Morgan fingerprint density at radius 3 is 2.42 bits per heavy atom. The van der Waals surface area contributed by atoms with Crippen LogP contribution in [0.2, 0.25) is 0 Å². The van der Waals surface area contributed by atoms with E-state index in [2.05, 4.69) is 15.2 Å². The van der Waals surface area contributed by atoms with E-state index in [1.165, 1.54) is 6.92 Å². The maximum absolute atomic E-state index is 13.6. The van der Waals surface area contributed by atoms with Crippen LogP contribution in [0.1, 0.15) is 69.4 Å². The number of para-hydroxylation sites is 1. The number of imidazole rings is 1. The Kier molecular flexibility index (Phi) is 7.88. The van der Waals surface area contributed by atoms with E-state index in [0.717, 1.165) is 31.4 Å². The second-order valence-electron chi connectivity index (χ2n) is 9.56. The second-order valence-corrected chi connectivity index (χ2v) is 9.56. The van der Waals surface area contributed by atoms with Crippen LogP contribution in [-0.4, -0.2) is 51.7 Å². The summed E-state index contributed by atoms with van der Waals surface area (Å²) in [5.74, 6) is -1.68. The van der Waals surface area contributed by atoms with Crippen molar-refractivity contribution in [1.29, 1.82) is 0 Å². The molecule has 0 radical (unpaired) electrons. The van der Waals surface area contributed by atoms with Gasteiger partial charge in [0.1, 0.15) is 17.9 Å². The van der Waals surface area contributed by atoms with Crippen LogP contribution in [0.25, 0.3) is 5.69 Å². The number of amides is 2. The molecule has 9 nitrogen and oxygen atoms in total. The van der Waals surface area contributed by atoms with Crippen LogP contribution < -0.4 is 15.2 Å². The van der Waals surface area contributed by atoms with Crippen LogP contribution in [-0.2, 0) is 14.3 Å². The summed E-state index contributed by atoms with van der Waals surface area (Å²) in [6.07, 6.45) is 8.26. The van der Waals surface area contributed by atoms with Crippen molar-refractivity contribution in [3.8, 4) is 5.69 Å². The summed E-state index contributed by atoms with van der Waals surface area (Å²) in [7, 11) is 0.